The van der Waals surface area contributed by atoms with Crippen LogP contribution in [0.4, 0.5) is 11.4 Å². The lowest BCUT2D eigenvalue weighted by Crippen LogP contribution is -2.14. The van der Waals surface area contributed by atoms with Gasteiger partial charge >= 0.3 is 0 Å². The van der Waals surface area contributed by atoms with Gasteiger partial charge in [0.15, 0.2) is 0 Å². The van der Waals surface area contributed by atoms with Crippen molar-refractivity contribution >= 4 is 68.9 Å². The SMILES string of the molecule is O=C(CSc1cccc(NC(=O)c2ccc3ccccc3c2)c1)Nc1cc(Cl)ccc1Cl. The molecule has 0 fully saturated rings. The van der Waals surface area contributed by atoms with Crippen LogP contribution in [-0.4, -0.2) is 17.6 Å². The zero-order chi connectivity index (χ0) is 22.5. The highest BCUT2D eigenvalue weighted by Gasteiger charge is 2.10. The van der Waals surface area contributed by atoms with Crippen molar-refractivity contribution in [1.82, 2.24) is 0 Å². The predicted molar refractivity (Wildman–Crippen MR) is 134 cm³/mol. The molecule has 4 nitrogen and oxygen atoms in total. The minimum Gasteiger partial charge on any atom is -0.324 e. The van der Waals surface area contributed by atoms with Gasteiger partial charge < -0.3 is 10.6 Å². The van der Waals surface area contributed by atoms with Crippen molar-refractivity contribution in [3.8, 4) is 0 Å². The summed E-state index contributed by atoms with van der Waals surface area (Å²) < 4.78 is 0. The maximum absolute atomic E-state index is 12.7. The van der Waals surface area contributed by atoms with Crippen molar-refractivity contribution in [3.05, 3.63) is 101 Å². The number of amides is 2. The van der Waals surface area contributed by atoms with E-state index in [2.05, 4.69) is 10.6 Å². The minimum absolute atomic E-state index is 0.185. The number of fused-ring (bicyclic) bond motifs is 1. The largest absolute Gasteiger partial charge is 0.324 e. The quantitative estimate of drug-likeness (QED) is 0.288. The standard InChI is InChI=1S/C25H18Cl2N2O2S/c26-19-10-11-22(27)23(13-19)29-24(30)15-32-21-7-3-6-20(14-21)28-25(31)18-9-8-16-4-1-2-5-17(16)12-18/h1-14H,15H2,(H,28,31)(H,29,30). The van der Waals surface area contributed by atoms with Gasteiger partial charge in [0.25, 0.3) is 5.91 Å². The Labute approximate surface area is 199 Å². The van der Waals surface area contributed by atoms with Crippen molar-refractivity contribution in [2.24, 2.45) is 0 Å². The Morgan fingerprint density at radius 2 is 1.59 bits per heavy atom. The third-order valence-corrected chi connectivity index (χ3v) is 6.23. The number of benzene rings is 4. The number of carbonyl (C=O) groups excluding carboxylic acids is 2. The number of hydrogen-bond acceptors (Lipinski definition) is 3. The van der Waals surface area contributed by atoms with Gasteiger partial charge in [0.1, 0.15) is 0 Å². The Hall–Kier alpha value is -2.99. The molecule has 0 heterocycles. The van der Waals surface area contributed by atoms with Crippen LogP contribution in [0, 0.1) is 0 Å². The lowest BCUT2D eigenvalue weighted by molar-refractivity contribution is -0.113. The average molecular weight is 481 g/mol. The highest BCUT2D eigenvalue weighted by atomic mass is 35.5. The third-order valence-electron chi connectivity index (χ3n) is 4.68. The molecule has 32 heavy (non-hydrogen) atoms. The van der Waals surface area contributed by atoms with E-state index in [0.29, 0.717) is 27.0 Å². The van der Waals surface area contributed by atoms with Gasteiger partial charge in [0.2, 0.25) is 5.91 Å². The summed E-state index contributed by atoms with van der Waals surface area (Å²) in [7, 11) is 0. The number of halogens is 2. The predicted octanol–water partition coefficient (Wildman–Crippen LogP) is 7.13. The molecular weight excluding hydrogens is 463 g/mol. The molecule has 0 bridgehead atoms. The maximum atomic E-state index is 12.7. The molecule has 2 amide bonds. The molecule has 0 saturated carbocycles. The summed E-state index contributed by atoms with van der Waals surface area (Å²) in [5.41, 5.74) is 1.71. The summed E-state index contributed by atoms with van der Waals surface area (Å²) in [4.78, 5) is 25.8. The Morgan fingerprint density at radius 1 is 0.781 bits per heavy atom. The highest BCUT2D eigenvalue weighted by Crippen LogP contribution is 2.27. The van der Waals surface area contributed by atoms with E-state index in [1.165, 1.54) is 11.8 Å². The van der Waals surface area contributed by atoms with E-state index in [9.17, 15) is 9.59 Å². The second-order valence-electron chi connectivity index (χ2n) is 7.00. The Bertz CT molecular complexity index is 1310. The molecule has 0 atom stereocenters. The lowest BCUT2D eigenvalue weighted by Gasteiger charge is -2.09. The van der Waals surface area contributed by atoms with E-state index in [1.807, 2.05) is 66.7 Å². The highest BCUT2D eigenvalue weighted by molar-refractivity contribution is 8.00. The van der Waals surface area contributed by atoms with Crippen molar-refractivity contribution in [2.45, 2.75) is 4.90 Å². The molecule has 4 aromatic rings. The average Bonchev–Trinajstić information content (AvgIpc) is 2.80. The molecule has 0 aliphatic rings. The zero-order valence-corrected chi connectivity index (χ0v) is 19.1. The van der Waals surface area contributed by atoms with Crippen LogP contribution < -0.4 is 10.6 Å². The van der Waals surface area contributed by atoms with E-state index in [4.69, 9.17) is 23.2 Å². The Kier molecular flexibility index (Phi) is 7.00. The number of carbonyl (C=O) groups is 2. The van der Waals surface area contributed by atoms with Gasteiger partial charge in [-0.05, 0) is 59.3 Å². The van der Waals surface area contributed by atoms with Gasteiger partial charge in [0.05, 0.1) is 16.5 Å². The number of hydrogen-bond donors (Lipinski definition) is 2. The number of anilines is 2. The minimum atomic E-state index is -0.204. The van der Waals surface area contributed by atoms with Crippen LogP contribution >= 0.6 is 35.0 Å². The molecular formula is C25H18Cl2N2O2S. The molecule has 0 aliphatic carbocycles. The maximum Gasteiger partial charge on any atom is 0.255 e. The van der Waals surface area contributed by atoms with E-state index in [1.54, 1.807) is 18.2 Å². The second kappa shape index (κ2) is 10.1. The van der Waals surface area contributed by atoms with E-state index < -0.39 is 0 Å². The van der Waals surface area contributed by atoms with Gasteiger partial charge in [-0.2, -0.15) is 0 Å². The molecule has 4 aromatic carbocycles. The molecule has 0 unspecified atom stereocenters. The van der Waals surface area contributed by atoms with Gasteiger partial charge in [-0.15, -0.1) is 11.8 Å². The number of nitrogens with one attached hydrogen (secondary N) is 2. The lowest BCUT2D eigenvalue weighted by atomic mass is 10.1. The fourth-order valence-electron chi connectivity index (χ4n) is 3.13. The van der Waals surface area contributed by atoms with Crippen LogP contribution in [-0.2, 0) is 4.79 Å². The van der Waals surface area contributed by atoms with E-state index in [0.717, 1.165) is 15.7 Å². The van der Waals surface area contributed by atoms with Crippen LogP contribution in [0.2, 0.25) is 10.0 Å². The van der Waals surface area contributed by atoms with Crippen LogP contribution in [0.1, 0.15) is 10.4 Å². The summed E-state index contributed by atoms with van der Waals surface area (Å²) >= 11 is 13.4. The fraction of sp³-hybridized carbons (Fsp3) is 0.0400. The molecule has 160 valence electrons. The van der Waals surface area contributed by atoms with Crippen molar-refractivity contribution in [2.75, 3.05) is 16.4 Å². The summed E-state index contributed by atoms with van der Waals surface area (Å²) in [6, 6.07) is 25.8. The Morgan fingerprint density at radius 3 is 2.44 bits per heavy atom. The van der Waals surface area contributed by atoms with E-state index in [-0.39, 0.29) is 17.6 Å². The zero-order valence-electron chi connectivity index (χ0n) is 16.8. The molecule has 7 heteroatoms. The van der Waals surface area contributed by atoms with Crippen molar-refractivity contribution in [3.63, 3.8) is 0 Å². The first-order chi connectivity index (χ1) is 15.5. The van der Waals surface area contributed by atoms with Crippen molar-refractivity contribution in [1.29, 1.82) is 0 Å². The van der Waals surface area contributed by atoms with Gasteiger partial charge in [-0.1, -0.05) is 59.6 Å². The van der Waals surface area contributed by atoms with Crippen molar-refractivity contribution < 1.29 is 9.59 Å². The number of thioether (sulfide) groups is 1. The summed E-state index contributed by atoms with van der Waals surface area (Å²) in [5, 5.41) is 8.69. The van der Waals surface area contributed by atoms with Crippen LogP contribution in [0.25, 0.3) is 10.8 Å². The van der Waals surface area contributed by atoms with Crippen LogP contribution in [0.3, 0.4) is 0 Å². The topological polar surface area (TPSA) is 58.2 Å². The molecule has 4 rings (SSSR count). The Balaban J connectivity index is 1.38. The third kappa shape index (κ3) is 5.62. The first kappa shape index (κ1) is 22.2. The smallest absolute Gasteiger partial charge is 0.255 e. The van der Waals surface area contributed by atoms with Crippen LogP contribution in [0.15, 0.2) is 89.8 Å². The van der Waals surface area contributed by atoms with E-state index >= 15 is 0 Å². The summed E-state index contributed by atoms with van der Waals surface area (Å²) in [6.07, 6.45) is 0. The van der Waals surface area contributed by atoms with Gasteiger partial charge in [-0.3, -0.25) is 9.59 Å². The van der Waals surface area contributed by atoms with Crippen LogP contribution in [0.5, 0.6) is 0 Å². The summed E-state index contributed by atoms with van der Waals surface area (Å²) in [6.45, 7) is 0. The monoisotopic (exact) mass is 480 g/mol. The normalized spacial score (nSPS) is 10.7. The first-order valence-electron chi connectivity index (χ1n) is 9.76. The second-order valence-corrected chi connectivity index (χ2v) is 8.90. The fourth-order valence-corrected chi connectivity index (χ4v) is 4.22. The first-order valence-corrected chi connectivity index (χ1v) is 11.5. The summed E-state index contributed by atoms with van der Waals surface area (Å²) in [5.74, 6) is -0.207. The molecule has 0 spiro atoms. The number of rotatable bonds is 6. The van der Waals surface area contributed by atoms with Gasteiger partial charge in [-0.25, -0.2) is 0 Å². The molecule has 0 aliphatic heterocycles. The molecule has 0 saturated heterocycles. The van der Waals surface area contributed by atoms with Gasteiger partial charge in [0, 0.05) is 21.2 Å². The molecule has 0 aromatic heterocycles. The molecule has 2 N–H and O–H groups in total. The molecule has 0 radical (unpaired) electrons.